The van der Waals surface area contributed by atoms with Crippen LogP contribution in [0.4, 0.5) is 0 Å². The van der Waals surface area contributed by atoms with Gasteiger partial charge in [0.05, 0.1) is 24.0 Å². The Morgan fingerprint density at radius 1 is 0.931 bits per heavy atom. The van der Waals surface area contributed by atoms with Crippen LogP contribution in [0.2, 0.25) is 0 Å². The predicted octanol–water partition coefficient (Wildman–Crippen LogP) is 4.74. The van der Waals surface area contributed by atoms with Crippen molar-refractivity contribution in [2.24, 2.45) is 0 Å². The summed E-state index contributed by atoms with van der Waals surface area (Å²) in [6.45, 7) is 3.91. The first-order valence-electron chi connectivity index (χ1n) is 9.96. The second kappa shape index (κ2) is 8.45. The molecule has 0 aliphatic rings. The summed E-state index contributed by atoms with van der Waals surface area (Å²) in [5, 5.41) is 0. The van der Waals surface area contributed by atoms with Gasteiger partial charge in [0.25, 0.3) is 0 Å². The van der Waals surface area contributed by atoms with E-state index in [-0.39, 0.29) is 0 Å². The molecular weight excluding hydrogens is 358 g/mol. The molecule has 0 saturated heterocycles. The van der Waals surface area contributed by atoms with Crippen LogP contribution < -0.4 is 0 Å². The van der Waals surface area contributed by atoms with Crippen molar-refractivity contribution in [3.8, 4) is 22.5 Å². The Kier molecular flexibility index (Phi) is 5.58. The number of hydrogen-bond acceptors (Lipinski definition) is 3. The zero-order valence-electron chi connectivity index (χ0n) is 17.2. The van der Waals surface area contributed by atoms with Gasteiger partial charge >= 0.3 is 0 Å². The minimum absolute atomic E-state index is 0.345. The number of hydrogen-bond donors (Lipinski definition) is 0. The fourth-order valence-corrected chi connectivity index (χ4v) is 3.55. The fourth-order valence-electron chi connectivity index (χ4n) is 3.55. The van der Waals surface area contributed by atoms with Gasteiger partial charge in [0.15, 0.2) is 0 Å². The van der Waals surface area contributed by atoms with Gasteiger partial charge in [-0.3, -0.25) is 0 Å². The first-order valence-corrected chi connectivity index (χ1v) is 9.96. The van der Waals surface area contributed by atoms with Gasteiger partial charge < -0.3 is 14.0 Å². The molecule has 2 aromatic heterocycles. The molecule has 1 atom stereocenters. The lowest BCUT2D eigenvalue weighted by atomic mass is 10.00. The van der Waals surface area contributed by atoms with E-state index < -0.39 is 0 Å². The number of rotatable bonds is 7. The van der Waals surface area contributed by atoms with Crippen LogP contribution in [0.1, 0.15) is 18.5 Å². The summed E-state index contributed by atoms with van der Waals surface area (Å²) in [6, 6.07) is 19.6. The van der Waals surface area contributed by atoms with Gasteiger partial charge in [-0.15, -0.1) is 0 Å². The average molecular weight is 386 g/mol. The molecule has 0 radical (unpaired) electrons. The smallest absolute Gasteiger partial charge is 0.0963 e. The lowest BCUT2D eigenvalue weighted by Gasteiger charge is -2.21. The van der Waals surface area contributed by atoms with E-state index in [0.717, 1.165) is 30.0 Å². The molecule has 0 spiro atoms. The number of aromatic nitrogens is 4. The first-order chi connectivity index (χ1) is 14.1. The van der Waals surface area contributed by atoms with Crippen molar-refractivity contribution in [3.05, 3.63) is 85.2 Å². The molecule has 29 heavy (non-hydrogen) atoms. The van der Waals surface area contributed by atoms with E-state index >= 15 is 0 Å². The van der Waals surface area contributed by atoms with Gasteiger partial charge in [0.2, 0.25) is 0 Å². The predicted molar refractivity (Wildman–Crippen MR) is 117 cm³/mol. The van der Waals surface area contributed by atoms with Crippen molar-refractivity contribution in [3.63, 3.8) is 0 Å². The molecule has 5 heteroatoms. The maximum absolute atomic E-state index is 4.80. The van der Waals surface area contributed by atoms with Crippen LogP contribution in [-0.4, -0.2) is 38.1 Å². The Bertz CT molecular complexity index is 1050. The molecule has 0 N–H and O–H groups in total. The highest BCUT2D eigenvalue weighted by Gasteiger charge is 2.17. The van der Waals surface area contributed by atoms with E-state index in [2.05, 4.69) is 88.6 Å². The van der Waals surface area contributed by atoms with Crippen molar-refractivity contribution >= 4 is 0 Å². The van der Waals surface area contributed by atoms with Crippen LogP contribution in [-0.2, 0) is 13.1 Å². The number of nitrogens with zero attached hydrogens (tertiary/aromatic N) is 5. The van der Waals surface area contributed by atoms with Crippen LogP contribution >= 0.6 is 0 Å². The SMILES string of the molecule is CC(c1cccc(-c2c(-c3ccccc3)ncn2CCn2ccnc2)c1)N(C)C. The second-order valence-electron chi connectivity index (χ2n) is 7.57. The Labute approximate surface area is 172 Å². The molecule has 0 saturated carbocycles. The lowest BCUT2D eigenvalue weighted by molar-refractivity contribution is 0.321. The monoisotopic (exact) mass is 385 g/mol. The molecule has 4 aromatic rings. The quantitative estimate of drug-likeness (QED) is 0.461. The molecular formula is C24H27N5. The van der Waals surface area contributed by atoms with E-state index in [0.29, 0.717) is 6.04 Å². The maximum atomic E-state index is 4.80. The number of imidazole rings is 2. The first kappa shape index (κ1) is 19.2. The van der Waals surface area contributed by atoms with Gasteiger partial charge in [0.1, 0.15) is 0 Å². The highest BCUT2D eigenvalue weighted by Crippen LogP contribution is 2.33. The third kappa shape index (κ3) is 4.15. The number of benzene rings is 2. The molecule has 0 aliphatic carbocycles. The van der Waals surface area contributed by atoms with Crippen molar-refractivity contribution in [1.29, 1.82) is 0 Å². The average Bonchev–Trinajstić information content (AvgIpc) is 3.42. The van der Waals surface area contributed by atoms with E-state index in [1.807, 2.05) is 31.1 Å². The van der Waals surface area contributed by atoms with Gasteiger partial charge in [-0.1, -0.05) is 48.5 Å². The van der Waals surface area contributed by atoms with E-state index in [1.165, 1.54) is 11.1 Å². The molecule has 148 valence electrons. The molecule has 0 bridgehead atoms. The fraction of sp³-hybridized carbons (Fsp3) is 0.250. The van der Waals surface area contributed by atoms with Crippen molar-refractivity contribution < 1.29 is 0 Å². The summed E-state index contributed by atoms with van der Waals surface area (Å²) < 4.78 is 4.35. The topological polar surface area (TPSA) is 38.9 Å². The zero-order valence-corrected chi connectivity index (χ0v) is 17.2. The Morgan fingerprint density at radius 2 is 1.72 bits per heavy atom. The molecule has 0 amide bonds. The summed E-state index contributed by atoms with van der Waals surface area (Å²) in [6.07, 6.45) is 7.62. The highest BCUT2D eigenvalue weighted by atomic mass is 15.1. The molecule has 2 heterocycles. The lowest BCUT2D eigenvalue weighted by Crippen LogP contribution is -2.16. The third-order valence-corrected chi connectivity index (χ3v) is 5.46. The summed E-state index contributed by atoms with van der Waals surface area (Å²) >= 11 is 0. The Morgan fingerprint density at radius 3 is 2.45 bits per heavy atom. The number of aryl methyl sites for hydroxylation is 2. The molecule has 0 aliphatic heterocycles. The second-order valence-corrected chi connectivity index (χ2v) is 7.57. The van der Waals surface area contributed by atoms with Crippen LogP contribution in [0.3, 0.4) is 0 Å². The minimum Gasteiger partial charge on any atom is -0.336 e. The van der Waals surface area contributed by atoms with Crippen molar-refractivity contribution in [2.45, 2.75) is 26.1 Å². The highest BCUT2D eigenvalue weighted by molar-refractivity contribution is 5.78. The van der Waals surface area contributed by atoms with Crippen LogP contribution in [0, 0.1) is 0 Å². The normalized spacial score (nSPS) is 12.4. The van der Waals surface area contributed by atoms with Crippen molar-refractivity contribution in [2.75, 3.05) is 14.1 Å². The molecule has 4 rings (SSSR count). The summed E-state index contributed by atoms with van der Waals surface area (Å²) in [7, 11) is 4.23. The van der Waals surface area contributed by atoms with E-state index in [4.69, 9.17) is 4.98 Å². The van der Waals surface area contributed by atoms with Gasteiger partial charge in [-0.05, 0) is 32.6 Å². The maximum Gasteiger partial charge on any atom is 0.0963 e. The molecule has 2 aromatic carbocycles. The van der Waals surface area contributed by atoms with Gasteiger partial charge in [-0.25, -0.2) is 9.97 Å². The minimum atomic E-state index is 0.345. The van der Waals surface area contributed by atoms with E-state index in [9.17, 15) is 0 Å². The van der Waals surface area contributed by atoms with Crippen molar-refractivity contribution in [1.82, 2.24) is 24.0 Å². The third-order valence-electron chi connectivity index (χ3n) is 5.46. The van der Waals surface area contributed by atoms with Crippen LogP contribution in [0.5, 0.6) is 0 Å². The standard InChI is InChI=1S/C24H27N5/c1-19(27(2)3)21-10-7-11-22(16-21)24-23(20-8-5-4-6-9-20)26-18-29(24)15-14-28-13-12-25-17-28/h4-13,16-19H,14-15H2,1-3H3. The van der Waals surface area contributed by atoms with Crippen LogP contribution in [0.25, 0.3) is 22.5 Å². The molecule has 0 fully saturated rings. The molecule has 5 nitrogen and oxygen atoms in total. The Hall–Kier alpha value is -3.18. The van der Waals surface area contributed by atoms with Gasteiger partial charge in [-0.2, -0.15) is 0 Å². The van der Waals surface area contributed by atoms with Gasteiger partial charge in [0, 0.05) is 42.7 Å². The molecule has 1 unspecified atom stereocenters. The van der Waals surface area contributed by atoms with E-state index in [1.54, 1.807) is 0 Å². The zero-order chi connectivity index (χ0) is 20.2. The summed E-state index contributed by atoms with van der Waals surface area (Å²) in [5.41, 5.74) is 5.80. The summed E-state index contributed by atoms with van der Waals surface area (Å²) in [5.74, 6) is 0. The summed E-state index contributed by atoms with van der Waals surface area (Å²) in [4.78, 5) is 11.2. The Balaban J connectivity index is 1.77. The van der Waals surface area contributed by atoms with Crippen LogP contribution in [0.15, 0.2) is 79.6 Å². The largest absolute Gasteiger partial charge is 0.336 e.